The Labute approximate surface area is 83.1 Å². The van der Waals surface area contributed by atoms with E-state index in [1.54, 1.807) is 18.2 Å². The Bertz CT molecular complexity index is 186. The van der Waals surface area contributed by atoms with Crippen molar-refractivity contribution in [3.8, 4) is 0 Å². The predicted molar refractivity (Wildman–Crippen MR) is 60.9 cm³/mol. The normalized spacial score (nSPS) is 11.3. The summed E-state index contributed by atoms with van der Waals surface area (Å²) in [5.74, 6) is 0. The molecule has 0 aromatic heterocycles. The molecule has 0 atom stereocenters. The zero-order valence-electron chi connectivity index (χ0n) is 9.09. The van der Waals surface area contributed by atoms with Crippen molar-refractivity contribution in [2.75, 3.05) is 0 Å². The minimum Gasteiger partial charge on any atom is -0.316 e. The van der Waals surface area contributed by atoms with E-state index in [1.165, 1.54) is 0 Å². The fraction of sp³-hybridized carbons (Fsp3) is 0.455. The lowest BCUT2D eigenvalue weighted by atomic mass is 9.95. The molecule has 0 aliphatic carbocycles. The summed E-state index contributed by atoms with van der Waals surface area (Å²) in [6.45, 7) is 14.9. The Morgan fingerprint density at radius 1 is 1.38 bits per heavy atom. The molecule has 0 aromatic carbocycles. The second-order valence-electron chi connectivity index (χ2n) is 2.80. The van der Waals surface area contributed by atoms with E-state index < -0.39 is 5.54 Å². The average Bonchev–Trinajstić information content (AvgIpc) is 2.17. The van der Waals surface area contributed by atoms with Gasteiger partial charge in [-0.1, -0.05) is 45.2 Å². The Balaban J connectivity index is -0.000000376. The number of hydroxylamine groups is 1. The molecule has 0 unspecified atom stereocenters. The monoisotopic (exact) mass is 185 g/mol. The maximum absolute atomic E-state index is 8.75. The molecule has 0 aliphatic heterocycles. The highest BCUT2D eigenvalue weighted by Gasteiger charge is 2.18. The summed E-state index contributed by atoms with van der Waals surface area (Å²) in [4.78, 5) is 0. The Hall–Kier alpha value is -0.860. The lowest BCUT2D eigenvalue weighted by Crippen LogP contribution is -2.38. The van der Waals surface area contributed by atoms with Crippen LogP contribution in [0.5, 0.6) is 0 Å². The second-order valence-corrected chi connectivity index (χ2v) is 2.80. The van der Waals surface area contributed by atoms with Crippen molar-refractivity contribution in [3.63, 3.8) is 0 Å². The Morgan fingerprint density at radius 3 is 2.08 bits per heavy atom. The summed E-state index contributed by atoms with van der Waals surface area (Å²) < 4.78 is 0. The maximum atomic E-state index is 8.75. The topological polar surface area (TPSA) is 32.3 Å². The highest BCUT2D eigenvalue weighted by atomic mass is 16.5. The highest BCUT2D eigenvalue weighted by molar-refractivity contribution is 5.30. The first kappa shape index (κ1) is 14.7. The van der Waals surface area contributed by atoms with Crippen molar-refractivity contribution in [3.05, 3.63) is 37.0 Å². The third-order valence-corrected chi connectivity index (χ3v) is 1.52. The van der Waals surface area contributed by atoms with Gasteiger partial charge in [-0.2, -0.15) is 5.48 Å². The molecule has 2 nitrogen and oxygen atoms in total. The predicted octanol–water partition coefficient (Wildman–Crippen LogP) is 3.31. The summed E-state index contributed by atoms with van der Waals surface area (Å²) in [6, 6.07) is 0. The van der Waals surface area contributed by atoms with Crippen LogP contribution in [0.25, 0.3) is 0 Å². The zero-order valence-corrected chi connectivity index (χ0v) is 9.09. The first-order chi connectivity index (χ1) is 6.08. The first-order valence-electron chi connectivity index (χ1n) is 4.45. The van der Waals surface area contributed by atoms with E-state index in [1.807, 2.05) is 27.7 Å². The Kier molecular flexibility index (Phi) is 8.76. The minimum atomic E-state index is -0.462. The maximum Gasteiger partial charge on any atom is 0.0621 e. The quantitative estimate of drug-likeness (QED) is 0.520. The van der Waals surface area contributed by atoms with Crippen molar-refractivity contribution in [1.29, 1.82) is 0 Å². The third kappa shape index (κ3) is 5.39. The summed E-state index contributed by atoms with van der Waals surface area (Å²) >= 11 is 0. The molecule has 0 rings (SSSR count). The van der Waals surface area contributed by atoms with Gasteiger partial charge >= 0.3 is 0 Å². The van der Waals surface area contributed by atoms with Crippen molar-refractivity contribution >= 4 is 0 Å². The minimum absolute atomic E-state index is 0. The van der Waals surface area contributed by atoms with Gasteiger partial charge in [-0.15, -0.1) is 0 Å². The van der Waals surface area contributed by atoms with E-state index in [9.17, 15) is 0 Å². The summed E-state index contributed by atoms with van der Waals surface area (Å²) in [6.07, 6.45) is 5.15. The van der Waals surface area contributed by atoms with E-state index in [-0.39, 0.29) is 1.43 Å². The van der Waals surface area contributed by atoms with Crippen LogP contribution in [0, 0.1) is 0 Å². The van der Waals surface area contributed by atoms with Crippen molar-refractivity contribution in [2.24, 2.45) is 0 Å². The molecule has 0 saturated heterocycles. The van der Waals surface area contributed by atoms with E-state index in [2.05, 4.69) is 18.6 Å². The fourth-order valence-electron chi connectivity index (χ4n) is 0.723. The third-order valence-electron chi connectivity index (χ3n) is 1.52. The molecule has 2 heteroatoms. The highest BCUT2D eigenvalue weighted by Crippen LogP contribution is 2.15. The van der Waals surface area contributed by atoms with Gasteiger partial charge in [0.1, 0.15) is 0 Å². The van der Waals surface area contributed by atoms with E-state index >= 15 is 0 Å². The molecular weight excluding hydrogens is 162 g/mol. The van der Waals surface area contributed by atoms with Gasteiger partial charge in [0.2, 0.25) is 0 Å². The van der Waals surface area contributed by atoms with Crippen LogP contribution in [0.4, 0.5) is 0 Å². The average molecular weight is 185 g/mol. The molecule has 0 bridgehead atoms. The summed E-state index contributed by atoms with van der Waals surface area (Å²) in [5, 5.41) is 8.75. The van der Waals surface area contributed by atoms with Crippen LogP contribution in [-0.2, 0) is 0 Å². The van der Waals surface area contributed by atoms with Crippen LogP contribution in [-0.4, -0.2) is 10.7 Å². The van der Waals surface area contributed by atoms with Crippen LogP contribution in [0.1, 0.15) is 29.1 Å². The van der Waals surface area contributed by atoms with Crippen LogP contribution >= 0.6 is 0 Å². The number of allylic oxidation sites excluding steroid dienone is 2. The van der Waals surface area contributed by atoms with Gasteiger partial charge in [-0.3, -0.25) is 0 Å². The SMILES string of the molecule is C=C/C=C(\C=C)C(C)(C)NO.CC.[HH]. The number of rotatable bonds is 4. The second kappa shape index (κ2) is 7.77. The molecule has 0 aliphatic rings. The van der Waals surface area contributed by atoms with E-state index in [0.29, 0.717) is 0 Å². The van der Waals surface area contributed by atoms with Gasteiger partial charge in [0.25, 0.3) is 0 Å². The van der Waals surface area contributed by atoms with Gasteiger partial charge in [0.15, 0.2) is 0 Å². The summed E-state index contributed by atoms with van der Waals surface area (Å²) in [7, 11) is 0. The number of nitrogens with one attached hydrogen (secondary N) is 1. The molecule has 0 spiro atoms. The van der Waals surface area contributed by atoms with Gasteiger partial charge in [-0.25, -0.2) is 0 Å². The van der Waals surface area contributed by atoms with E-state index in [4.69, 9.17) is 5.21 Å². The lowest BCUT2D eigenvalue weighted by Gasteiger charge is -2.23. The van der Waals surface area contributed by atoms with Crippen molar-refractivity contribution in [1.82, 2.24) is 5.48 Å². The molecule has 0 aromatic rings. The van der Waals surface area contributed by atoms with Gasteiger partial charge in [0, 0.05) is 1.43 Å². The molecule has 2 N–H and O–H groups in total. The van der Waals surface area contributed by atoms with Crippen LogP contribution in [0.15, 0.2) is 37.0 Å². The lowest BCUT2D eigenvalue weighted by molar-refractivity contribution is 0.102. The van der Waals surface area contributed by atoms with Crippen LogP contribution < -0.4 is 5.48 Å². The smallest absolute Gasteiger partial charge is 0.0621 e. The Morgan fingerprint density at radius 2 is 1.85 bits per heavy atom. The van der Waals surface area contributed by atoms with E-state index in [0.717, 1.165) is 5.57 Å². The zero-order chi connectivity index (χ0) is 10.9. The fourth-order valence-corrected chi connectivity index (χ4v) is 0.723. The largest absolute Gasteiger partial charge is 0.316 e. The van der Waals surface area contributed by atoms with Crippen LogP contribution in [0.3, 0.4) is 0 Å². The molecule has 0 heterocycles. The van der Waals surface area contributed by atoms with Gasteiger partial charge in [0.05, 0.1) is 5.54 Å². The molecule has 0 radical (unpaired) electrons. The molecule has 78 valence electrons. The molecule has 0 fully saturated rings. The molecular formula is C11H23NO. The van der Waals surface area contributed by atoms with Gasteiger partial charge < -0.3 is 5.21 Å². The number of hydrogen-bond donors (Lipinski definition) is 2. The molecule has 13 heavy (non-hydrogen) atoms. The van der Waals surface area contributed by atoms with Crippen molar-refractivity contribution in [2.45, 2.75) is 33.2 Å². The van der Waals surface area contributed by atoms with Gasteiger partial charge in [-0.05, 0) is 19.4 Å². The molecule has 0 amide bonds. The molecule has 0 saturated carbocycles. The standard InChI is InChI=1S/C9H15NO.C2H6.H2/c1-5-7-8(6-2)9(3,4)10-11;1-2;/h5-7,10-11H,1-2H2,3-4H3;1-2H3;1H/b8-7+;;. The van der Waals surface area contributed by atoms with Crippen LogP contribution in [0.2, 0.25) is 0 Å². The van der Waals surface area contributed by atoms with Crippen molar-refractivity contribution < 1.29 is 6.63 Å². The number of hydrogen-bond acceptors (Lipinski definition) is 2. The summed E-state index contributed by atoms with van der Waals surface area (Å²) in [5.41, 5.74) is 2.63. The first-order valence-corrected chi connectivity index (χ1v) is 4.45.